The normalized spacial score (nSPS) is 18.5. The van der Waals surface area contributed by atoms with E-state index in [9.17, 15) is 31.1 Å². The van der Waals surface area contributed by atoms with E-state index in [1.807, 2.05) is 0 Å². The Bertz CT molecular complexity index is 1230. The van der Waals surface area contributed by atoms with Gasteiger partial charge in [-0.2, -0.15) is 8.78 Å². The fourth-order valence-corrected chi connectivity index (χ4v) is 3.99. The van der Waals surface area contributed by atoms with Crippen molar-refractivity contribution in [2.45, 2.75) is 38.3 Å². The predicted molar refractivity (Wildman–Crippen MR) is 121 cm³/mol. The van der Waals surface area contributed by atoms with Crippen LogP contribution in [0.4, 0.5) is 26.3 Å². The maximum absolute atomic E-state index is 14.7. The molecule has 1 saturated heterocycles. The highest BCUT2D eigenvalue weighted by molar-refractivity contribution is 5.91. The molecule has 0 aromatic heterocycles. The van der Waals surface area contributed by atoms with Crippen molar-refractivity contribution >= 4 is 5.97 Å². The van der Waals surface area contributed by atoms with E-state index in [2.05, 4.69) is 11.7 Å². The fourth-order valence-electron chi connectivity index (χ4n) is 3.99. The standard InChI is InChI=1S/C27H22F6O4/c1-16-2-13-24(35-15-16)18-3-5-19(6-4-18)25(34)36-21-11-12-22(23(28)14-21)17-7-9-20(10-8-17)26(29,30)37-27(31,32)33/h3-12,14,16,24H,2,13,15H2,1H3. The molecule has 4 rings (SSSR count). The minimum Gasteiger partial charge on any atom is -0.423 e. The predicted octanol–water partition coefficient (Wildman–Crippen LogP) is 7.79. The number of alkyl halides is 5. The number of hydrogen-bond donors (Lipinski definition) is 0. The average Bonchev–Trinajstić information content (AvgIpc) is 2.83. The van der Waals surface area contributed by atoms with Crippen molar-refractivity contribution in [3.8, 4) is 16.9 Å². The molecule has 1 fully saturated rings. The Kier molecular flexibility index (Phi) is 7.61. The number of carbonyl (C=O) groups is 1. The van der Waals surface area contributed by atoms with E-state index in [1.165, 1.54) is 12.1 Å². The van der Waals surface area contributed by atoms with E-state index in [0.29, 0.717) is 24.7 Å². The molecule has 10 heteroatoms. The number of ether oxygens (including phenoxy) is 3. The lowest BCUT2D eigenvalue weighted by Gasteiger charge is -2.27. The summed E-state index contributed by atoms with van der Waals surface area (Å²) in [4.78, 5) is 12.5. The maximum atomic E-state index is 14.7. The molecule has 1 aliphatic heterocycles. The Labute approximate surface area is 208 Å². The zero-order chi connectivity index (χ0) is 26.8. The van der Waals surface area contributed by atoms with Crippen molar-refractivity contribution in [1.82, 2.24) is 0 Å². The van der Waals surface area contributed by atoms with Gasteiger partial charge in [-0.15, -0.1) is 13.2 Å². The van der Waals surface area contributed by atoms with Crippen molar-refractivity contribution in [1.29, 1.82) is 0 Å². The molecule has 2 unspecified atom stereocenters. The van der Waals surface area contributed by atoms with Crippen molar-refractivity contribution in [2.75, 3.05) is 6.61 Å². The quantitative estimate of drug-likeness (QED) is 0.188. The van der Waals surface area contributed by atoms with E-state index in [-0.39, 0.29) is 28.5 Å². The van der Waals surface area contributed by atoms with Crippen LogP contribution in [0.2, 0.25) is 0 Å². The molecule has 0 bridgehead atoms. The molecular weight excluding hydrogens is 502 g/mol. The number of carbonyl (C=O) groups excluding carboxylic acids is 1. The summed E-state index contributed by atoms with van der Waals surface area (Å²) in [5.74, 6) is -1.09. The van der Waals surface area contributed by atoms with Gasteiger partial charge in [0.2, 0.25) is 0 Å². The van der Waals surface area contributed by atoms with Gasteiger partial charge < -0.3 is 9.47 Å². The minimum absolute atomic E-state index is 0.0274. The van der Waals surface area contributed by atoms with Gasteiger partial charge in [-0.25, -0.2) is 13.9 Å². The Balaban J connectivity index is 1.42. The van der Waals surface area contributed by atoms with Crippen LogP contribution >= 0.6 is 0 Å². The van der Waals surface area contributed by atoms with Gasteiger partial charge in [0.1, 0.15) is 11.6 Å². The van der Waals surface area contributed by atoms with Crippen LogP contribution in [-0.4, -0.2) is 18.9 Å². The van der Waals surface area contributed by atoms with Gasteiger partial charge in [0.15, 0.2) is 0 Å². The monoisotopic (exact) mass is 524 g/mol. The molecule has 0 N–H and O–H groups in total. The third kappa shape index (κ3) is 6.69. The van der Waals surface area contributed by atoms with Gasteiger partial charge in [-0.1, -0.05) is 31.2 Å². The molecule has 3 aromatic carbocycles. The van der Waals surface area contributed by atoms with Gasteiger partial charge in [-0.3, -0.25) is 0 Å². The largest absolute Gasteiger partial charge is 0.527 e. The lowest BCUT2D eigenvalue weighted by Crippen LogP contribution is -2.27. The number of benzene rings is 3. The van der Waals surface area contributed by atoms with Crippen molar-refractivity contribution in [2.24, 2.45) is 5.92 Å². The van der Waals surface area contributed by atoms with Gasteiger partial charge in [-0.05, 0) is 66.3 Å². The summed E-state index contributed by atoms with van der Waals surface area (Å²) in [6, 6.07) is 13.8. The highest BCUT2D eigenvalue weighted by atomic mass is 19.4. The van der Waals surface area contributed by atoms with Gasteiger partial charge in [0.05, 0.1) is 17.2 Å². The lowest BCUT2D eigenvalue weighted by atomic mass is 9.95. The van der Waals surface area contributed by atoms with Crippen LogP contribution in [0, 0.1) is 11.7 Å². The first-order chi connectivity index (χ1) is 17.4. The number of rotatable bonds is 6. The average molecular weight is 524 g/mol. The van der Waals surface area contributed by atoms with Crippen molar-refractivity contribution < 1.29 is 45.3 Å². The van der Waals surface area contributed by atoms with Crippen molar-refractivity contribution in [3.05, 3.63) is 89.2 Å². The molecule has 196 valence electrons. The van der Waals surface area contributed by atoms with Crippen LogP contribution in [0.5, 0.6) is 5.75 Å². The second-order valence-electron chi connectivity index (χ2n) is 8.80. The highest BCUT2D eigenvalue weighted by Gasteiger charge is 2.46. The Hall–Kier alpha value is -3.37. The molecule has 3 aromatic rings. The molecule has 37 heavy (non-hydrogen) atoms. The summed E-state index contributed by atoms with van der Waals surface area (Å²) in [5.41, 5.74) is 0.257. The third-order valence-corrected chi connectivity index (χ3v) is 5.95. The molecule has 2 atom stereocenters. The van der Waals surface area contributed by atoms with E-state index in [4.69, 9.17) is 9.47 Å². The molecule has 0 radical (unpaired) electrons. The van der Waals surface area contributed by atoms with Crippen LogP contribution in [0.15, 0.2) is 66.7 Å². The lowest BCUT2D eigenvalue weighted by molar-refractivity contribution is -0.431. The first-order valence-electron chi connectivity index (χ1n) is 11.4. The Morgan fingerprint density at radius 1 is 0.919 bits per heavy atom. The molecule has 4 nitrogen and oxygen atoms in total. The second kappa shape index (κ2) is 10.5. The zero-order valence-corrected chi connectivity index (χ0v) is 19.5. The minimum atomic E-state index is -5.54. The van der Waals surface area contributed by atoms with Gasteiger partial charge in [0.25, 0.3) is 0 Å². The number of hydrogen-bond acceptors (Lipinski definition) is 4. The maximum Gasteiger partial charge on any atom is 0.527 e. The van der Waals surface area contributed by atoms with E-state index in [0.717, 1.165) is 36.6 Å². The fraction of sp³-hybridized carbons (Fsp3) is 0.296. The smallest absolute Gasteiger partial charge is 0.423 e. The molecule has 0 aliphatic carbocycles. The summed E-state index contributed by atoms with van der Waals surface area (Å²) in [7, 11) is 0. The topological polar surface area (TPSA) is 44.8 Å². The second-order valence-corrected chi connectivity index (χ2v) is 8.80. The Morgan fingerprint density at radius 3 is 2.16 bits per heavy atom. The van der Waals surface area contributed by atoms with Crippen LogP contribution in [0.3, 0.4) is 0 Å². The van der Waals surface area contributed by atoms with Crippen LogP contribution < -0.4 is 4.74 Å². The Morgan fingerprint density at radius 2 is 1.59 bits per heavy atom. The summed E-state index contributed by atoms with van der Waals surface area (Å²) in [6.07, 6.45) is -8.22. The summed E-state index contributed by atoms with van der Waals surface area (Å²) in [5, 5.41) is 0. The number of halogens is 6. The number of esters is 1. The first-order valence-corrected chi connectivity index (χ1v) is 11.4. The zero-order valence-electron chi connectivity index (χ0n) is 19.5. The summed E-state index contributed by atoms with van der Waals surface area (Å²) < 4.78 is 92.5. The van der Waals surface area contributed by atoms with Crippen LogP contribution in [-0.2, 0) is 15.6 Å². The molecular formula is C27H22F6O4. The van der Waals surface area contributed by atoms with E-state index < -0.39 is 29.8 Å². The first kappa shape index (κ1) is 26.7. The van der Waals surface area contributed by atoms with Crippen LogP contribution in [0.25, 0.3) is 11.1 Å². The molecule has 1 aliphatic rings. The molecule has 1 heterocycles. The third-order valence-electron chi connectivity index (χ3n) is 5.95. The van der Waals surface area contributed by atoms with E-state index >= 15 is 0 Å². The molecule has 0 amide bonds. The highest BCUT2D eigenvalue weighted by Crippen LogP contribution is 2.37. The van der Waals surface area contributed by atoms with Crippen LogP contribution in [0.1, 0.15) is 47.4 Å². The summed E-state index contributed by atoms with van der Waals surface area (Å²) in [6.45, 7) is 2.80. The molecule has 0 spiro atoms. The molecule has 0 saturated carbocycles. The van der Waals surface area contributed by atoms with E-state index in [1.54, 1.807) is 24.3 Å². The summed E-state index contributed by atoms with van der Waals surface area (Å²) >= 11 is 0. The SMILES string of the molecule is CC1CCC(c2ccc(C(=O)Oc3ccc(-c4ccc(C(F)(F)OC(F)(F)F)cc4)c(F)c3)cc2)OC1. The van der Waals surface area contributed by atoms with Gasteiger partial charge in [0, 0.05) is 18.2 Å². The van der Waals surface area contributed by atoms with Gasteiger partial charge >= 0.3 is 18.4 Å². The van der Waals surface area contributed by atoms with Crippen molar-refractivity contribution in [3.63, 3.8) is 0 Å².